The third-order valence-electron chi connectivity index (χ3n) is 8.38. The van der Waals surface area contributed by atoms with Crippen LogP contribution in [0.15, 0.2) is 71.7 Å². The number of fused-ring (bicyclic) bond motifs is 3. The van der Waals surface area contributed by atoms with Crippen LogP contribution in [0.3, 0.4) is 0 Å². The first kappa shape index (κ1) is 30.7. The third-order valence-corrected chi connectivity index (χ3v) is 10.4. The van der Waals surface area contributed by atoms with Crippen molar-refractivity contribution in [3.63, 3.8) is 0 Å². The number of piperazine rings is 1. The van der Waals surface area contributed by atoms with Crippen molar-refractivity contribution in [2.24, 2.45) is 4.99 Å². The maximum atomic E-state index is 13.8. The fourth-order valence-electron chi connectivity index (χ4n) is 5.83. The topological polar surface area (TPSA) is 113 Å². The number of carbonyl (C=O) groups excluding carboxylic acids is 2. The lowest BCUT2D eigenvalue weighted by atomic mass is 10.00. The molecule has 1 aromatic heterocycles. The third kappa shape index (κ3) is 6.15. The summed E-state index contributed by atoms with van der Waals surface area (Å²) in [4.78, 5) is 46.1. The van der Waals surface area contributed by atoms with Crippen molar-refractivity contribution < 1.29 is 19.1 Å². The van der Waals surface area contributed by atoms with Gasteiger partial charge in [0.15, 0.2) is 5.82 Å². The standard InChI is InChI=1S/C33H35ClN6O4Si/c1-21-36-37-32-28(35-31(22-5-9-24(34)10-6-22)27-19-25(44-2)11-14-29(27)40(21)32)20-30(41)38-15-17-39(18-16-38)33(42)23-7-12-26(13-8-23)45(3,4)43/h5-14,19,28,43H,15-18,20H2,1-4H3/t28-/m0/s1. The molecule has 0 spiro atoms. The van der Waals surface area contributed by atoms with E-state index in [1.54, 1.807) is 29.0 Å². The second kappa shape index (κ2) is 12.2. The maximum Gasteiger partial charge on any atom is 0.253 e. The van der Waals surface area contributed by atoms with Gasteiger partial charge in [-0.3, -0.25) is 19.1 Å². The zero-order chi connectivity index (χ0) is 31.9. The van der Waals surface area contributed by atoms with E-state index >= 15 is 0 Å². The first-order chi connectivity index (χ1) is 21.5. The van der Waals surface area contributed by atoms with Gasteiger partial charge in [0.2, 0.25) is 14.2 Å². The number of carbonyl (C=O) groups is 2. The molecule has 2 aliphatic rings. The van der Waals surface area contributed by atoms with Crippen molar-refractivity contribution in [1.82, 2.24) is 24.6 Å². The molecular formula is C33H35ClN6O4Si. The van der Waals surface area contributed by atoms with E-state index < -0.39 is 14.4 Å². The summed E-state index contributed by atoms with van der Waals surface area (Å²) in [7, 11) is -0.821. The molecule has 232 valence electrons. The Labute approximate surface area is 268 Å². The van der Waals surface area contributed by atoms with E-state index in [1.165, 1.54) is 0 Å². The number of aryl methyl sites for hydroxylation is 1. The second-order valence-electron chi connectivity index (χ2n) is 11.8. The van der Waals surface area contributed by atoms with Crippen LogP contribution in [0.4, 0.5) is 0 Å². The molecule has 0 aliphatic carbocycles. The first-order valence-electron chi connectivity index (χ1n) is 14.9. The summed E-state index contributed by atoms with van der Waals surface area (Å²) in [5.74, 6) is 1.80. The minimum atomic E-state index is -2.44. The highest BCUT2D eigenvalue weighted by molar-refractivity contribution is 6.83. The number of hydrogen-bond acceptors (Lipinski definition) is 7. The van der Waals surface area contributed by atoms with Crippen molar-refractivity contribution >= 4 is 42.6 Å². The Morgan fingerprint density at radius 3 is 2.27 bits per heavy atom. The Kier molecular flexibility index (Phi) is 8.34. The van der Waals surface area contributed by atoms with Gasteiger partial charge >= 0.3 is 0 Å². The van der Waals surface area contributed by atoms with Crippen molar-refractivity contribution in [3.8, 4) is 11.4 Å². The Hall–Kier alpha value is -4.32. The lowest BCUT2D eigenvalue weighted by Gasteiger charge is -2.35. The van der Waals surface area contributed by atoms with E-state index in [2.05, 4.69) is 10.2 Å². The smallest absolute Gasteiger partial charge is 0.253 e. The number of halogens is 1. The molecule has 6 rings (SSSR count). The molecule has 1 atom stereocenters. The Morgan fingerprint density at radius 2 is 1.62 bits per heavy atom. The molecule has 2 aliphatic heterocycles. The molecule has 3 aromatic carbocycles. The summed E-state index contributed by atoms with van der Waals surface area (Å²) in [6, 6.07) is 19.9. The Morgan fingerprint density at radius 1 is 0.956 bits per heavy atom. The monoisotopic (exact) mass is 642 g/mol. The number of hydrogen-bond donors (Lipinski definition) is 1. The van der Waals surface area contributed by atoms with E-state index in [9.17, 15) is 14.4 Å². The van der Waals surface area contributed by atoms with Crippen LogP contribution in [0, 0.1) is 6.92 Å². The average Bonchev–Trinajstić information content (AvgIpc) is 3.37. The van der Waals surface area contributed by atoms with E-state index in [0.29, 0.717) is 59.9 Å². The highest BCUT2D eigenvalue weighted by Gasteiger charge is 2.33. The summed E-state index contributed by atoms with van der Waals surface area (Å²) in [6.07, 6.45) is 0.0938. The van der Waals surface area contributed by atoms with Crippen LogP contribution in [0.2, 0.25) is 18.1 Å². The van der Waals surface area contributed by atoms with Crippen molar-refractivity contribution in [2.75, 3.05) is 33.3 Å². The van der Waals surface area contributed by atoms with Crippen molar-refractivity contribution in [2.45, 2.75) is 32.5 Å². The van der Waals surface area contributed by atoms with E-state index in [0.717, 1.165) is 22.0 Å². The number of methoxy groups -OCH3 is 1. The lowest BCUT2D eigenvalue weighted by Crippen LogP contribution is -2.50. The van der Waals surface area contributed by atoms with Crippen LogP contribution in [0.1, 0.15) is 45.6 Å². The number of aliphatic imine (C=N–C) groups is 1. The zero-order valence-electron chi connectivity index (χ0n) is 25.7. The molecule has 2 amide bonds. The molecule has 1 saturated heterocycles. The highest BCUT2D eigenvalue weighted by atomic mass is 35.5. The highest BCUT2D eigenvalue weighted by Crippen LogP contribution is 2.35. The fraction of sp³-hybridized carbons (Fsp3) is 0.303. The second-order valence-corrected chi connectivity index (χ2v) is 16.0. The summed E-state index contributed by atoms with van der Waals surface area (Å²) in [6.45, 7) is 7.27. The van der Waals surface area contributed by atoms with E-state index in [-0.39, 0.29) is 18.2 Å². The van der Waals surface area contributed by atoms with Gasteiger partial charge in [-0.15, -0.1) is 10.2 Å². The van der Waals surface area contributed by atoms with Crippen LogP contribution < -0.4 is 9.92 Å². The van der Waals surface area contributed by atoms with Gasteiger partial charge < -0.3 is 19.3 Å². The van der Waals surface area contributed by atoms with Crippen LogP contribution in [0.25, 0.3) is 5.69 Å². The van der Waals surface area contributed by atoms with E-state index in [1.807, 2.05) is 79.2 Å². The number of benzene rings is 3. The molecule has 0 bridgehead atoms. The lowest BCUT2D eigenvalue weighted by molar-refractivity contribution is -0.133. The minimum absolute atomic E-state index is 0.0680. The average molecular weight is 643 g/mol. The number of nitrogens with zero attached hydrogens (tertiary/aromatic N) is 6. The van der Waals surface area contributed by atoms with Gasteiger partial charge in [0.25, 0.3) is 5.91 Å². The predicted octanol–water partition coefficient (Wildman–Crippen LogP) is 3.91. The molecule has 0 saturated carbocycles. The first-order valence-corrected chi connectivity index (χ1v) is 18.2. The Bertz CT molecular complexity index is 1770. The number of ether oxygens (including phenoxy) is 1. The fourth-order valence-corrected chi connectivity index (χ4v) is 6.94. The molecule has 1 N–H and O–H groups in total. The van der Waals surface area contributed by atoms with Gasteiger partial charge in [-0.05, 0) is 67.7 Å². The molecule has 10 nitrogen and oxygen atoms in total. The zero-order valence-corrected chi connectivity index (χ0v) is 27.5. The minimum Gasteiger partial charge on any atom is -0.497 e. The Balaban J connectivity index is 1.24. The summed E-state index contributed by atoms with van der Waals surface area (Å²) >= 11 is 6.21. The molecule has 3 heterocycles. The van der Waals surface area contributed by atoms with Gasteiger partial charge in [-0.1, -0.05) is 35.9 Å². The molecule has 0 radical (unpaired) electrons. The molecule has 12 heteroatoms. The van der Waals surface area contributed by atoms with E-state index in [4.69, 9.17) is 21.3 Å². The number of amides is 2. The maximum absolute atomic E-state index is 13.8. The van der Waals surface area contributed by atoms with Gasteiger partial charge in [0.1, 0.15) is 17.6 Å². The normalized spacial score (nSPS) is 16.4. The van der Waals surface area contributed by atoms with Crippen LogP contribution in [-0.2, 0) is 4.79 Å². The van der Waals surface area contributed by atoms with Gasteiger partial charge in [0.05, 0.1) is 24.9 Å². The molecule has 1 fully saturated rings. The van der Waals surface area contributed by atoms with Gasteiger partial charge in [0, 0.05) is 47.9 Å². The largest absolute Gasteiger partial charge is 0.497 e. The van der Waals surface area contributed by atoms with Crippen LogP contribution in [-0.4, -0.2) is 88.5 Å². The molecular weight excluding hydrogens is 608 g/mol. The quantitative estimate of drug-likeness (QED) is 0.319. The van der Waals surface area contributed by atoms with Crippen LogP contribution in [0.5, 0.6) is 5.75 Å². The number of aromatic nitrogens is 3. The predicted molar refractivity (Wildman–Crippen MR) is 175 cm³/mol. The molecule has 0 unspecified atom stereocenters. The van der Waals surface area contributed by atoms with Gasteiger partial charge in [-0.25, -0.2) is 0 Å². The number of rotatable bonds is 6. The molecule has 4 aromatic rings. The summed E-state index contributed by atoms with van der Waals surface area (Å²) in [5.41, 5.74) is 3.82. The SMILES string of the molecule is COc1ccc2c(c1)C(c1ccc(Cl)cc1)=N[C@@H](CC(=O)N1CCN(C(=O)c3ccc([Si](C)(C)O)cc3)CC1)c1nnc(C)n1-2. The van der Waals surface area contributed by atoms with Crippen LogP contribution >= 0.6 is 11.6 Å². The molecule has 45 heavy (non-hydrogen) atoms. The summed E-state index contributed by atoms with van der Waals surface area (Å²) in [5, 5.41) is 10.3. The van der Waals surface area contributed by atoms with Gasteiger partial charge in [-0.2, -0.15) is 0 Å². The van der Waals surface area contributed by atoms with Crippen molar-refractivity contribution in [1.29, 1.82) is 0 Å². The summed E-state index contributed by atoms with van der Waals surface area (Å²) < 4.78 is 7.51. The van der Waals surface area contributed by atoms with Crippen molar-refractivity contribution in [3.05, 3.63) is 100 Å².